The van der Waals surface area contributed by atoms with Crippen molar-refractivity contribution < 1.29 is 62.7 Å². The molecule has 318 valence electrons. The summed E-state index contributed by atoms with van der Waals surface area (Å²) in [4.78, 5) is 26.7. The molecule has 57 heavy (non-hydrogen) atoms. The summed E-state index contributed by atoms with van der Waals surface area (Å²) < 4.78 is 143. The summed E-state index contributed by atoms with van der Waals surface area (Å²) in [6, 6.07) is -1.04. The summed E-state index contributed by atoms with van der Waals surface area (Å²) in [5.74, 6) is -2.19. The van der Waals surface area contributed by atoms with Crippen molar-refractivity contribution in [3.05, 3.63) is 20.4 Å². The van der Waals surface area contributed by atoms with Gasteiger partial charge in [-0.25, -0.2) is 15.0 Å². The van der Waals surface area contributed by atoms with E-state index in [0.717, 1.165) is 0 Å². The van der Waals surface area contributed by atoms with Crippen LogP contribution in [0.3, 0.4) is 0 Å². The van der Waals surface area contributed by atoms with Gasteiger partial charge in [-0.1, -0.05) is 60.4 Å². The first-order valence-electron chi connectivity index (χ1n) is 24.5. The fourth-order valence-corrected chi connectivity index (χ4v) is 9.27. The summed E-state index contributed by atoms with van der Waals surface area (Å²) in [5.41, 5.74) is -2.05. The van der Waals surface area contributed by atoms with Gasteiger partial charge in [-0.2, -0.15) is 4.98 Å². The lowest BCUT2D eigenvalue weighted by Crippen LogP contribution is -2.65. The van der Waals surface area contributed by atoms with E-state index in [4.69, 9.17) is 81.7 Å². The number of aliphatic hydroxyl groups excluding tert-OH is 2. The highest BCUT2D eigenvalue weighted by molar-refractivity contribution is 7.99. The van der Waals surface area contributed by atoms with Gasteiger partial charge in [-0.3, -0.25) is 10.1 Å². The minimum absolute atomic E-state index is 0.0176. The SMILES string of the molecule is [2H]C([2H])([2H])C([2H])([2H])C([2H])([2H])Sc1nc(Cl)c(N)c(N[C@@H]2C[C@@]3(OCCO)C[C@@]24OC(C)(C)O[C@H]34)n1.[2H]C([2H])([2H])C([2H])([2H])C([2H])([2H])Sc1nc(Cl)c([N+](=O)[O-])c(N[C@@H]2C[C@H](OCCO)[C@H]3OC(C)(C)O[C@H]32)n1. The van der Waals surface area contributed by atoms with E-state index in [2.05, 4.69) is 30.6 Å². The topological polar surface area (TPSA) is 241 Å². The number of nitrogen functional groups attached to an aromatic ring is 1. The van der Waals surface area contributed by atoms with Crippen LogP contribution in [0.15, 0.2) is 10.3 Å². The number of aromatic nitrogens is 4. The van der Waals surface area contributed by atoms with Crippen LogP contribution in [0.2, 0.25) is 10.3 Å². The molecule has 0 aromatic carbocycles. The number of nitrogens with two attached hydrogens (primary N) is 1. The van der Waals surface area contributed by atoms with Gasteiger partial charge in [-0.15, -0.1) is 0 Å². The molecule has 0 amide bonds. The first-order valence-corrected chi connectivity index (χ1v) is 19.9. The standard InChI is InChI=1S/C18H27ClN4O4S.C17H25ClN4O6S/c1-4-7-28-15-22-12(19)11(20)13(23-15)21-10-8-17(25-6-5-24)9-18(10)14(17)26-16(2,3)27-18;1-4-7-29-16-20-14(18)11(22(24)25)15(21-16)19-9-8-10(26-6-5-23)13-12(9)27-17(2,3)28-13/h10,14,24H,4-9,20H2,1-3H3,(H,21,22,23);9-10,12-13,23H,4-8H2,1-3H3,(H,19,20,21)/t10-,14-,17-,18-;9-,10+,12+,13-/m11/s1/i2*1D3,4D2,7D2. The Balaban J connectivity index is 0.000000232. The van der Waals surface area contributed by atoms with Crippen LogP contribution in [0.1, 0.15) is 92.6 Å². The predicted molar refractivity (Wildman–Crippen MR) is 215 cm³/mol. The molecule has 6 fully saturated rings. The fourth-order valence-electron chi connectivity index (χ4n) is 7.93. The van der Waals surface area contributed by atoms with E-state index in [1.807, 2.05) is 0 Å². The van der Waals surface area contributed by atoms with Crippen molar-refractivity contribution in [1.82, 2.24) is 19.9 Å². The molecule has 0 radical (unpaired) electrons. The Morgan fingerprint density at radius 3 is 2.26 bits per heavy atom. The Bertz CT molecular complexity index is 2340. The van der Waals surface area contributed by atoms with Gasteiger partial charge in [0.05, 0.1) is 49.5 Å². The zero-order valence-electron chi connectivity index (χ0n) is 45.0. The summed E-state index contributed by atoms with van der Waals surface area (Å²) in [7, 11) is 0. The Morgan fingerprint density at radius 2 is 1.61 bits per heavy atom. The zero-order chi connectivity index (χ0) is 53.5. The number of fused-ring (bicyclic) bond motifs is 2. The summed E-state index contributed by atoms with van der Waals surface area (Å²) in [5, 5.41) is 34.5. The van der Waals surface area contributed by atoms with E-state index >= 15 is 0 Å². The second-order valence-corrected chi connectivity index (χ2v) is 16.6. The molecule has 4 saturated carbocycles. The van der Waals surface area contributed by atoms with Crippen molar-refractivity contribution in [2.24, 2.45) is 0 Å². The van der Waals surface area contributed by atoms with Crippen LogP contribution in [0.4, 0.5) is 23.0 Å². The molecular weight excluding hydrogens is 827 g/mol. The van der Waals surface area contributed by atoms with Gasteiger partial charge in [-0.05, 0) is 46.9 Å². The Kier molecular flexibility index (Phi) is 9.16. The number of halogens is 2. The summed E-state index contributed by atoms with van der Waals surface area (Å²) in [6.45, 7) is 0.199. The normalized spacial score (nSPS) is 36.4. The number of hydrogen-bond donors (Lipinski definition) is 5. The average molecular weight is 894 g/mol. The van der Waals surface area contributed by atoms with Gasteiger partial charge in [0.2, 0.25) is 11.0 Å². The van der Waals surface area contributed by atoms with E-state index in [9.17, 15) is 15.2 Å². The smallest absolute Gasteiger partial charge is 0.348 e. The van der Waals surface area contributed by atoms with Crippen LogP contribution in [0, 0.1) is 10.1 Å². The van der Waals surface area contributed by atoms with E-state index in [-0.39, 0.29) is 78.2 Å². The molecule has 2 saturated heterocycles. The molecule has 1 spiro atoms. The first kappa shape index (κ1) is 29.2. The molecule has 18 nitrogen and oxygen atoms in total. The second-order valence-electron chi connectivity index (χ2n) is 14.3. The highest BCUT2D eigenvalue weighted by Crippen LogP contribution is 2.66. The molecule has 6 aliphatic rings. The van der Waals surface area contributed by atoms with Crippen LogP contribution in [-0.2, 0) is 28.4 Å². The molecule has 0 unspecified atom stereocenters. The van der Waals surface area contributed by atoms with Gasteiger partial charge in [0.15, 0.2) is 32.9 Å². The third-order valence-electron chi connectivity index (χ3n) is 9.69. The van der Waals surface area contributed by atoms with Crippen molar-refractivity contribution in [2.75, 3.05) is 54.2 Å². The number of anilines is 3. The number of rotatable bonds is 17. The molecule has 2 aromatic heterocycles. The Morgan fingerprint density at radius 1 is 0.965 bits per heavy atom. The summed E-state index contributed by atoms with van der Waals surface area (Å²) >= 11 is 12.4. The molecule has 4 heterocycles. The van der Waals surface area contributed by atoms with E-state index in [1.54, 1.807) is 27.7 Å². The molecule has 2 bridgehead atoms. The van der Waals surface area contributed by atoms with Gasteiger partial charge < -0.3 is 55.0 Å². The van der Waals surface area contributed by atoms with Gasteiger partial charge in [0, 0.05) is 43.4 Å². The molecule has 2 aliphatic heterocycles. The number of ether oxygens (including phenoxy) is 6. The Hall–Kier alpha value is -2.08. The largest absolute Gasteiger partial charge is 0.394 e. The molecule has 8 atom stereocenters. The number of aliphatic hydroxyl groups is 2. The number of thioether (sulfide) groups is 2. The number of hydrogen-bond acceptors (Lipinski definition) is 19. The van der Waals surface area contributed by atoms with Crippen LogP contribution < -0.4 is 16.4 Å². The quantitative estimate of drug-likeness (QED) is 0.0458. The van der Waals surface area contributed by atoms with Crippen LogP contribution in [0.5, 0.6) is 0 Å². The highest BCUT2D eigenvalue weighted by Gasteiger charge is 2.81. The maximum atomic E-state index is 11.7. The number of nitrogens with one attached hydrogen (secondary N) is 2. The number of nitro groups is 1. The molecular formula is C35H52Cl2N8O10S2. The molecule has 8 rings (SSSR count). The highest BCUT2D eigenvalue weighted by atomic mass is 35.5. The third kappa shape index (κ3) is 9.31. The van der Waals surface area contributed by atoms with Crippen molar-refractivity contribution in [3.8, 4) is 0 Å². The van der Waals surface area contributed by atoms with E-state index in [0.29, 0.717) is 12.8 Å². The zero-order valence-corrected chi connectivity index (χ0v) is 34.1. The molecule has 2 aromatic rings. The van der Waals surface area contributed by atoms with E-state index < -0.39 is 124 Å². The minimum Gasteiger partial charge on any atom is -0.394 e. The third-order valence-corrected chi connectivity index (χ3v) is 11.4. The molecule has 6 N–H and O–H groups in total. The lowest BCUT2D eigenvalue weighted by molar-refractivity contribution is -0.384. The monoisotopic (exact) mass is 892 g/mol. The van der Waals surface area contributed by atoms with Gasteiger partial charge >= 0.3 is 5.69 Å². The average Bonchev–Trinajstić information content (AvgIpc) is 3.92. The van der Waals surface area contributed by atoms with Crippen molar-refractivity contribution in [2.45, 2.75) is 143 Å². The molecule has 4 aliphatic carbocycles. The maximum Gasteiger partial charge on any atom is 0.348 e. The lowest BCUT2D eigenvalue weighted by atomic mass is 9.72. The van der Waals surface area contributed by atoms with Gasteiger partial charge in [0.25, 0.3) is 0 Å². The summed E-state index contributed by atoms with van der Waals surface area (Å²) in [6.07, 6.45) is -7.44. The van der Waals surface area contributed by atoms with Crippen LogP contribution in [0.25, 0.3) is 0 Å². The van der Waals surface area contributed by atoms with E-state index in [1.165, 1.54) is 0 Å². The maximum absolute atomic E-state index is 11.7. The van der Waals surface area contributed by atoms with Crippen LogP contribution >= 0.6 is 46.7 Å². The lowest BCUT2D eigenvalue weighted by Gasteiger charge is -2.48. The Labute approximate surface area is 369 Å². The number of nitrogens with zero attached hydrogens (tertiary/aromatic N) is 5. The first-order chi connectivity index (χ1) is 32.3. The van der Waals surface area contributed by atoms with Gasteiger partial charge in [0.1, 0.15) is 35.2 Å². The van der Waals surface area contributed by atoms with Crippen LogP contribution in [-0.4, -0.2) is 132 Å². The van der Waals surface area contributed by atoms with Crippen molar-refractivity contribution in [1.29, 1.82) is 0 Å². The molecule has 22 heteroatoms. The predicted octanol–water partition coefficient (Wildman–Crippen LogP) is 5.06. The van der Waals surface area contributed by atoms with Crippen molar-refractivity contribution >= 4 is 69.7 Å². The van der Waals surface area contributed by atoms with Crippen molar-refractivity contribution in [3.63, 3.8) is 0 Å². The minimum atomic E-state index is -3.32. The fraction of sp³-hybridized carbons (Fsp3) is 0.771. The second kappa shape index (κ2) is 17.9.